The molecule has 1 aromatic rings. The Morgan fingerprint density at radius 3 is 2.67 bits per heavy atom. The zero-order valence-electron chi connectivity index (χ0n) is 11.5. The lowest BCUT2D eigenvalue weighted by molar-refractivity contribution is -0.141. The van der Waals surface area contributed by atoms with E-state index >= 15 is 0 Å². The van der Waals surface area contributed by atoms with Crippen LogP contribution in [-0.4, -0.2) is 29.2 Å². The van der Waals surface area contributed by atoms with Crippen molar-refractivity contribution in [1.82, 2.24) is 4.90 Å². The van der Waals surface area contributed by atoms with E-state index in [2.05, 4.69) is 5.32 Å². The molecule has 0 radical (unpaired) electrons. The number of fused-ring (bicyclic) bond motifs is 1. The highest BCUT2D eigenvalue weighted by Gasteiger charge is 2.58. The number of benzene rings is 1. The molecule has 0 bridgehead atoms. The fourth-order valence-electron chi connectivity index (χ4n) is 2.71. The molecule has 3 amide bonds. The van der Waals surface area contributed by atoms with Gasteiger partial charge in [0, 0.05) is 24.3 Å². The number of amides is 3. The van der Waals surface area contributed by atoms with Crippen LogP contribution in [0.5, 0.6) is 0 Å². The van der Waals surface area contributed by atoms with Gasteiger partial charge in [0.05, 0.1) is 11.8 Å². The van der Waals surface area contributed by atoms with E-state index in [1.54, 1.807) is 24.3 Å². The number of imide groups is 1. The zero-order chi connectivity index (χ0) is 15.0. The second-order valence-electron chi connectivity index (χ2n) is 5.55. The Morgan fingerprint density at radius 2 is 2.00 bits per heavy atom. The van der Waals surface area contributed by atoms with E-state index in [4.69, 9.17) is 5.73 Å². The fraction of sp³-hybridized carbons (Fsp3) is 0.400. The van der Waals surface area contributed by atoms with E-state index < -0.39 is 0 Å². The summed E-state index contributed by atoms with van der Waals surface area (Å²) in [6, 6.07) is 6.94. The topological polar surface area (TPSA) is 92.5 Å². The fourth-order valence-corrected chi connectivity index (χ4v) is 2.71. The highest BCUT2D eigenvalue weighted by molar-refractivity contribution is 6.08. The number of piperidine rings is 1. The number of hydrogen-bond donors (Lipinski definition) is 2. The van der Waals surface area contributed by atoms with E-state index in [1.807, 2.05) is 0 Å². The van der Waals surface area contributed by atoms with Crippen molar-refractivity contribution in [1.29, 1.82) is 0 Å². The molecule has 110 valence electrons. The normalized spacial score (nSPS) is 23.1. The van der Waals surface area contributed by atoms with Gasteiger partial charge >= 0.3 is 0 Å². The molecule has 21 heavy (non-hydrogen) atoms. The van der Waals surface area contributed by atoms with Crippen molar-refractivity contribution in [3.63, 3.8) is 0 Å². The van der Waals surface area contributed by atoms with Crippen LogP contribution in [0.4, 0.5) is 11.4 Å². The minimum Gasteiger partial charge on any atom is -0.399 e. The first-order valence-corrected chi connectivity index (χ1v) is 7.07. The lowest BCUT2D eigenvalue weighted by Gasteiger charge is -2.15. The first-order chi connectivity index (χ1) is 10.1. The molecular formula is C15H17N3O3. The third-order valence-electron chi connectivity index (χ3n) is 3.91. The van der Waals surface area contributed by atoms with E-state index in [0.29, 0.717) is 30.8 Å². The molecule has 6 heteroatoms. The highest BCUT2D eigenvalue weighted by atomic mass is 16.2. The van der Waals surface area contributed by atoms with Crippen molar-refractivity contribution in [3.05, 3.63) is 24.3 Å². The van der Waals surface area contributed by atoms with Crippen molar-refractivity contribution in [3.8, 4) is 0 Å². The SMILES string of the molecule is Nc1cccc(NC(=O)CCCN2C(=O)C3CC3C2=O)c1. The van der Waals surface area contributed by atoms with Crippen molar-refractivity contribution in [2.45, 2.75) is 19.3 Å². The molecule has 2 atom stereocenters. The number of nitrogens with two attached hydrogens (primary N) is 1. The second kappa shape index (κ2) is 5.20. The van der Waals surface area contributed by atoms with Gasteiger partial charge in [-0.2, -0.15) is 0 Å². The number of carbonyl (C=O) groups excluding carboxylic acids is 3. The third-order valence-corrected chi connectivity index (χ3v) is 3.91. The van der Waals surface area contributed by atoms with Gasteiger partial charge in [-0.25, -0.2) is 0 Å². The molecular weight excluding hydrogens is 270 g/mol. The van der Waals surface area contributed by atoms with Gasteiger partial charge < -0.3 is 11.1 Å². The number of nitrogen functional groups attached to an aromatic ring is 1. The van der Waals surface area contributed by atoms with Crippen LogP contribution in [0.1, 0.15) is 19.3 Å². The molecule has 2 fully saturated rings. The standard InChI is InChI=1S/C15H17N3O3/c16-9-3-1-4-10(7-9)17-13(19)5-2-6-18-14(20)11-8-12(11)15(18)21/h1,3-4,7,11-12H,2,5-6,8,16H2,(H,17,19). The minimum atomic E-state index is -0.148. The van der Waals surface area contributed by atoms with Crippen LogP contribution < -0.4 is 11.1 Å². The lowest BCUT2D eigenvalue weighted by Crippen LogP contribution is -2.34. The van der Waals surface area contributed by atoms with Crippen molar-refractivity contribution >= 4 is 29.1 Å². The van der Waals surface area contributed by atoms with E-state index in [-0.39, 0.29) is 36.0 Å². The first kappa shape index (κ1) is 13.6. The van der Waals surface area contributed by atoms with E-state index in [1.165, 1.54) is 4.90 Å². The van der Waals surface area contributed by atoms with Crippen LogP contribution >= 0.6 is 0 Å². The number of carbonyl (C=O) groups is 3. The van der Waals surface area contributed by atoms with Crippen molar-refractivity contribution in [2.24, 2.45) is 11.8 Å². The summed E-state index contributed by atoms with van der Waals surface area (Å²) in [4.78, 5) is 36.6. The Kier molecular flexibility index (Phi) is 3.37. The van der Waals surface area contributed by atoms with E-state index in [9.17, 15) is 14.4 Å². The summed E-state index contributed by atoms with van der Waals surface area (Å²) in [5, 5.41) is 2.74. The average molecular weight is 287 g/mol. The molecule has 0 spiro atoms. The predicted octanol–water partition coefficient (Wildman–Crippen LogP) is 0.992. The summed E-state index contributed by atoms with van der Waals surface area (Å²) in [6.45, 7) is 0.328. The second-order valence-corrected chi connectivity index (χ2v) is 5.55. The van der Waals surface area contributed by atoms with Crippen LogP contribution in [0.2, 0.25) is 0 Å². The van der Waals surface area contributed by atoms with Crippen molar-refractivity contribution < 1.29 is 14.4 Å². The van der Waals surface area contributed by atoms with Gasteiger partial charge in [0.15, 0.2) is 0 Å². The summed E-state index contributed by atoms with van der Waals surface area (Å²) in [5.41, 5.74) is 6.86. The predicted molar refractivity (Wildman–Crippen MR) is 77.0 cm³/mol. The number of rotatable bonds is 5. The molecule has 1 aliphatic heterocycles. The summed E-state index contributed by atoms with van der Waals surface area (Å²) in [7, 11) is 0. The lowest BCUT2D eigenvalue weighted by atomic mass is 10.2. The molecule has 1 heterocycles. The number of nitrogens with one attached hydrogen (secondary N) is 1. The van der Waals surface area contributed by atoms with E-state index in [0.717, 1.165) is 0 Å². The van der Waals surface area contributed by atoms with Gasteiger partial charge in [-0.15, -0.1) is 0 Å². The van der Waals surface area contributed by atoms with Crippen LogP contribution in [0.25, 0.3) is 0 Å². The number of anilines is 2. The molecule has 2 aliphatic rings. The molecule has 0 aromatic heterocycles. The minimum absolute atomic E-state index is 0.0683. The molecule has 6 nitrogen and oxygen atoms in total. The maximum absolute atomic E-state index is 11.8. The zero-order valence-corrected chi connectivity index (χ0v) is 11.5. The summed E-state index contributed by atoms with van der Waals surface area (Å²) >= 11 is 0. The maximum atomic E-state index is 11.8. The highest BCUT2D eigenvalue weighted by Crippen LogP contribution is 2.46. The van der Waals surface area contributed by atoms with Crippen molar-refractivity contribution in [2.75, 3.05) is 17.6 Å². The summed E-state index contributed by atoms with van der Waals surface area (Å²) in [5.74, 6) is -0.426. The Bertz CT molecular complexity index is 594. The van der Waals surface area contributed by atoms with Gasteiger partial charge in [-0.05, 0) is 31.0 Å². The van der Waals surface area contributed by atoms with Gasteiger partial charge in [0.25, 0.3) is 0 Å². The average Bonchev–Trinajstić information content (AvgIpc) is 3.18. The number of hydrogen-bond acceptors (Lipinski definition) is 4. The Morgan fingerprint density at radius 1 is 1.29 bits per heavy atom. The van der Waals surface area contributed by atoms with Crippen LogP contribution in [0.15, 0.2) is 24.3 Å². The molecule has 1 saturated carbocycles. The Hall–Kier alpha value is -2.37. The molecule has 1 aromatic carbocycles. The molecule has 1 saturated heterocycles. The molecule has 3 rings (SSSR count). The van der Waals surface area contributed by atoms with Gasteiger partial charge in [0.2, 0.25) is 17.7 Å². The van der Waals surface area contributed by atoms with Gasteiger partial charge in [-0.3, -0.25) is 19.3 Å². The Labute approximate surface area is 122 Å². The van der Waals surface area contributed by atoms with Crippen LogP contribution in [0.3, 0.4) is 0 Å². The molecule has 1 aliphatic carbocycles. The molecule has 2 unspecified atom stereocenters. The monoisotopic (exact) mass is 287 g/mol. The Balaban J connectivity index is 1.44. The number of nitrogens with zero attached hydrogens (tertiary/aromatic N) is 1. The third kappa shape index (κ3) is 2.74. The maximum Gasteiger partial charge on any atom is 0.233 e. The van der Waals surface area contributed by atoms with Crippen LogP contribution in [0, 0.1) is 11.8 Å². The molecule has 3 N–H and O–H groups in total. The summed E-state index contributed by atoms with van der Waals surface area (Å²) in [6.07, 6.45) is 1.45. The number of likely N-dealkylation sites (tertiary alicyclic amines) is 1. The van der Waals surface area contributed by atoms with Gasteiger partial charge in [0.1, 0.15) is 0 Å². The first-order valence-electron chi connectivity index (χ1n) is 7.07. The quantitative estimate of drug-likeness (QED) is 0.624. The van der Waals surface area contributed by atoms with Crippen LogP contribution in [-0.2, 0) is 14.4 Å². The smallest absolute Gasteiger partial charge is 0.233 e. The van der Waals surface area contributed by atoms with Gasteiger partial charge in [-0.1, -0.05) is 6.07 Å². The summed E-state index contributed by atoms with van der Waals surface area (Å²) < 4.78 is 0. The largest absolute Gasteiger partial charge is 0.399 e.